The lowest BCUT2D eigenvalue weighted by atomic mass is 10.0. The van der Waals surface area contributed by atoms with Gasteiger partial charge in [0.05, 0.1) is 0 Å². The van der Waals surface area contributed by atoms with Gasteiger partial charge in [0, 0.05) is 12.6 Å². The van der Waals surface area contributed by atoms with Crippen molar-refractivity contribution in [2.75, 3.05) is 18.4 Å². The third-order valence-corrected chi connectivity index (χ3v) is 2.82. The van der Waals surface area contributed by atoms with Gasteiger partial charge < -0.3 is 10.6 Å². The summed E-state index contributed by atoms with van der Waals surface area (Å²) >= 11 is 0. The number of amides is 1. The molecule has 0 aliphatic carbocycles. The van der Waals surface area contributed by atoms with E-state index in [9.17, 15) is 4.79 Å². The maximum Gasteiger partial charge on any atom is 0.225 e. The highest BCUT2D eigenvalue weighted by Crippen LogP contribution is 2.13. The molecule has 0 aromatic carbocycles. The molecule has 4 heteroatoms. The number of pyridine rings is 1. The molecule has 2 rings (SSSR count). The van der Waals surface area contributed by atoms with Crippen molar-refractivity contribution in [3.63, 3.8) is 0 Å². The number of hydrogen-bond acceptors (Lipinski definition) is 3. The molecule has 1 unspecified atom stereocenters. The van der Waals surface area contributed by atoms with Crippen LogP contribution in [0.15, 0.2) is 18.3 Å². The molecule has 1 aliphatic heterocycles. The summed E-state index contributed by atoms with van der Waals surface area (Å²) in [6.45, 7) is 3.97. The molecule has 0 spiro atoms. The van der Waals surface area contributed by atoms with Crippen LogP contribution in [0.3, 0.4) is 0 Å². The van der Waals surface area contributed by atoms with E-state index in [1.54, 1.807) is 6.20 Å². The number of carbonyl (C=O) groups is 1. The Hall–Kier alpha value is -1.42. The fourth-order valence-electron chi connectivity index (χ4n) is 1.95. The zero-order valence-corrected chi connectivity index (χ0v) is 9.49. The number of carbonyl (C=O) groups excluding carboxylic acids is 1. The van der Waals surface area contributed by atoms with Crippen LogP contribution in [0.5, 0.6) is 0 Å². The molecular formula is C12H17N3O. The molecule has 4 nitrogen and oxygen atoms in total. The summed E-state index contributed by atoms with van der Waals surface area (Å²) in [6, 6.07) is 3.79. The summed E-state index contributed by atoms with van der Waals surface area (Å²) in [5, 5.41) is 6.09. The molecule has 0 saturated carbocycles. The van der Waals surface area contributed by atoms with E-state index in [-0.39, 0.29) is 5.91 Å². The van der Waals surface area contributed by atoms with E-state index in [1.165, 1.54) is 0 Å². The second-order valence-electron chi connectivity index (χ2n) is 4.33. The quantitative estimate of drug-likeness (QED) is 0.806. The molecule has 2 heterocycles. The average molecular weight is 219 g/mol. The van der Waals surface area contributed by atoms with Crippen molar-refractivity contribution in [1.29, 1.82) is 0 Å². The number of hydrogen-bond donors (Lipinski definition) is 2. The van der Waals surface area contributed by atoms with E-state index < -0.39 is 0 Å². The van der Waals surface area contributed by atoms with Gasteiger partial charge in [-0.25, -0.2) is 4.98 Å². The standard InChI is InChI=1S/C12H17N3O/c1-9-2-5-14-11(6-9)15-12(16)7-10-3-4-13-8-10/h2,5-6,10,13H,3-4,7-8H2,1H3,(H,14,15,16). The van der Waals surface area contributed by atoms with Crippen LogP contribution in [0.25, 0.3) is 0 Å². The molecule has 16 heavy (non-hydrogen) atoms. The predicted molar refractivity (Wildman–Crippen MR) is 63.2 cm³/mol. The molecule has 1 aliphatic rings. The SMILES string of the molecule is Cc1ccnc(NC(=O)CC2CCNC2)c1. The van der Waals surface area contributed by atoms with Crippen LogP contribution in [0.2, 0.25) is 0 Å². The maximum atomic E-state index is 11.7. The Balaban J connectivity index is 1.86. The minimum absolute atomic E-state index is 0.0619. The van der Waals surface area contributed by atoms with Crippen LogP contribution >= 0.6 is 0 Å². The third kappa shape index (κ3) is 3.03. The molecule has 1 aromatic heterocycles. The van der Waals surface area contributed by atoms with E-state index >= 15 is 0 Å². The molecular weight excluding hydrogens is 202 g/mol. The highest BCUT2D eigenvalue weighted by molar-refractivity contribution is 5.89. The summed E-state index contributed by atoms with van der Waals surface area (Å²) in [5.41, 5.74) is 1.10. The Bertz CT molecular complexity index is 372. The topological polar surface area (TPSA) is 54.0 Å². The van der Waals surface area contributed by atoms with Crippen LogP contribution in [-0.2, 0) is 4.79 Å². The Morgan fingerprint density at radius 1 is 1.69 bits per heavy atom. The second-order valence-corrected chi connectivity index (χ2v) is 4.33. The molecule has 1 aromatic rings. The minimum atomic E-state index is 0.0619. The second kappa shape index (κ2) is 5.07. The normalized spacial score (nSPS) is 19.7. The maximum absolute atomic E-state index is 11.7. The fraction of sp³-hybridized carbons (Fsp3) is 0.500. The van der Waals surface area contributed by atoms with Gasteiger partial charge in [-0.2, -0.15) is 0 Å². The van der Waals surface area contributed by atoms with Gasteiger partial charge in [-0.05, 0) is 50.0 Å². The van der Waals surface area contributed by atoms with Crippen molar-refractivity contribution in [2.45, 2.75) is 19.8 Å². The third-order valence-electron chi connectivity index (χ3n) is 2.82. The van der Waals surface area contributed by atoms with E-state index in [0.717, 1.165) is 25.1 Å². The van der Waals surface area contributed by atoms with Crippen molar-refractivity contribution in [1.82, 2.24) is 10.3 Å². The molecule has 1 amide bonds. The van der Waals surface area contributed by atoms with Crippen molar-refractivity contribution in [3.8, 4) is 0 Å². The molecule has 0 radical (unpaired) electrons. The van der Waals surface area contributed by atoms with Crippen molar-refractivity contribution >= 4 is 11.7 Å². The van der Waals surface area contributed by atoms with Gasteiger partial charge in [-0.15, -0.1) is 0 Å². The molecule has 86 valence electrons. The monoisotopic (exact) mass is 219 g/mol. The largest absolute Gasteiger partial charge is 0.316 e. The lowest BCUT2D eigenvalue weighted by Gasteiger charge is -2.08. The van der Waals surface area contributed by atoms with Crippen LogP contribution in [0, 0.1) is 12.8 Å². The molecule has 0 bridgehead atoms. The predicted octanol–water partition coefficient (Wildman–Crippen LogP) is 1.33. The smallest absolute Gasteiger partial charge is 0.225 e. The Labute approximate surface area is 95.5 Å². The summed E-state index contributed by atoms with van der Waals surface area (Å²) in [5.74, 6) is 1.19. The molecule has 1 saturated heterocycles. The van der Waals surface area contributed by atoms with Gasteiger partial charge in [0.2, 0.25) is 5.91 Å². The number of rotatable bonds is 3. The van der Waals surface area contributed by atoms with Gasteiger partial charge >= 0.3 is 0 Å². The first-order valence-electron chi connectivity index (χ1n) is 5.67. The first-order chi connectivity index (χ1) is 7.74. The zero-order chi connectivity index (χ0) is 11.4. The van der Waals surface area contributed by atoms with Gasteiger partial charge in [-0.1, -0.05) is 0 Å². The van der Waals surface area contributed by atoms with Gasteiger partial charge in [0.15, 0.2) is 0 Å². The molecule has 1 fully saturated rings. The van der Waals surface area contributed by atoms with Gasteiger partial charge in [-0.3, -0.25) is 4.79 Å². The minimum Gasteiger partial charge on any atom is -0.316 e. The van der Waals surface area contributed by atoms with E-state index in [0.29, 0.717) is 18.2 Å². The Morgan fingerprint density at radius 3 is 3.25 bits per heavy atom. The Morgan fingerprint density at radius 2 is 2.56 bits per heavy atom. The van der Waals surface area contributed by atoms with E-state index in [2.05, 4.69) is 15.6 Å². The van der Waals surface area contributed by atoms with Crippen molar-refractivity contribution in [3.05, 3.63) is 23.9 Å². The number of nitrogens with one attached hydrogen (secondary N) is 2. The highest BCUT2D eigenvalue weighted by Gasteiger charge is 2.18. The summed E-state index contributed by atoms with van der Waals surface area (Å²) in [6.07, 6.45) is 3.39. The molecule has 1 atom stereocenters. The summed E-state index contributed by atoms with van der Waals surface area (Å²) < 4.78 is 0. The van der Waals surface area contributed by atoms with Crippen molar-refractivity contribution in [2.24, 2.45) is 5.92 Å². The lowest BCUT2D eigenvalue weighted by molar-refractivity contribution is -0.117. The molecule has 2 N–H and O–H groups in total. The lowest BCUT2D eigenvalue weighted by Crippen LogP contribution is -2.18. The number of aryl methyl sites for hydroxylation is 1. The van der Waals surface area contributed by atoms with E-state index in [1.807, 2.05) is 19.1 Å². The average Bonchev–Trinajstić information content (AvgIpc) is 2.70. The number of aromatic nitrogens is 1. The van der Waals surface area contributed by atoms with Crippen molar-refractivity contribution < 1.29 is 4.79 Å². The summed E-state index contributed by atoms with van der Waals surface area (Å²) in [7, 11) is 0. The first-order valence-corrected chi connectivity index (χ1v) is 5.67. The number of anilines is 1. The Kier molecular flexibility index (Phi) is 3.51. The number of nitrogens with zero attached hydrogens (tertiary/aromatic N) is 1. The van der Waals surface area contributed by atoms with Crippen LogP contribution in [0.4, 0.5) is 5.82 Å². The first kappa shape index (κ1) is 11.1. The van der Waals surface area contributed by atoms with Crippen LogP contribution < -0.4 is 10.6 Å². The van der Waals surface area contributed by atoms with Crippen LogP contribution in [0.1, 0.15) is 18.4 Å². The van der Waals surface area contributed by atoms with E-state index in [4.69, 9.17) is 0 Å². The highest BCUT2D eigenvalue weighted by atomic mass is 16.1. The van der Waals surface area contributed by atoms with Gasteiger partial charge in [0.25, 0.3) is 0 Å². The fourth-order valence-corrected chi connectivity index (χ4v) is 1.95. The van der Waals surface area contributed by atoms with Crippen LogP contribution in [-0.4, -0.2) is 24.0 Å². The summed E-state index contributed by atoms with van der Waals surface area (Å²) in [4.78, 5) is 15.8. The zero-order valence-electron chi connectivity index (χ0n) is 9.49. The van der Waals surface area contributed by atoms with Gasteiger partial charge in [0.1, 0.15) is 5.82 Å².